The van der Waals surface area contributed by atoms with Crippen molar-refractivity contribution < 1.29 is 99.3 Å². The van der Waals surface area contributed by atoms with Crippen LogP contribution >= 0.6 is 0 Å². The number of aliphatic hydroxyl groups is 11. The number of carbonyl (C=O) groups is 2. The van der Waals surface area contributed by atoms with Crippen LogP contribution in [0.5, 0.6) is 0 Å². The van der Waals surface area contributed by atoms with Gasteiger partial charge in [-0.3, -0.25) is 4.79 Å². The highest BCUT2D eigenvalue weighted by Gasteiger charge is 2.59. The van der Waals surface area contributed by atoms with Gasteiger partial charge in [0, 0.05) is 24.3 Å². The lowest BCUT2D eigenvalue weighted by Crippen LogP contribution is -2.70. The van der Waals surface area contributed by atoms with Crippen LogP contribution in [0.4, 0.5) is 0 Å². The van der Waals surface area contributed by atoms with Crippen LogP contribution in [0.2, 0.25) is 0 Å². The Balaban J connectivity index is 1.64. The van der Waals surface area contributed by atoms with Crippen LogP contribution in [0.25, 0.3) is 10.4 Å². The molecule has 0 aromatic rings. The molecule has 0 bridgehead atoms. The summed E-state index contributed by atoms with van der Waals surface area (Å²) in [4.78, 5) is 28.1. The van der Waals surface area contributed by atoms with Crippen LogP contribution in [0.15, 0.2) is 17.8 Å². The molecule has 18 atom stereocenters. The van der Waals surface area contributed by atoms with Crippen molar-refractivity contribution in [2.24, 2.45) is 10.8 Å². The Morgan fingerprint density at radius 3 is 2.08 bits per heavy atom. The number of nitrogens with one attached hydrogen (secondary N) is 1. The summed E-state index contributed by atoms with van der Waals surface area (Å²) in [7, 11) is 0. The van der Waals surface area contributed by atoms with Gasteiger partial charge in [-0.05, 0) is 18.4 Å². The standard InChI is InChI=1S/C37H65N5O20/c1-2-19(46)18(41-24(49)11-9-7-5-3-4-6-8-10-12-40-42-39)17-57-34-29(53)28(52)31(23(16-45)59-34)60-35-30(54)33(27(51)22(15-44)58-35)62-37(36(55)56)13-20(47)25(38)32(61-37)26(50)21(48)14-43/h2,18-23,25-35,43-48,50-54H,1,3-17,38H2,(H,41,49)(H,55,56)/t18-,19-,20+,21-,22-,23-,25-,26-,27+,28-,29-,30-,31-,32-,33+,34-,35+,37+/m1/s1. The zero-order valence-electron chi connectivity index (χ0n) is 34.3. The molecule has 0 unspecified atom stereocenters. The summed E-state index contributed by atoms with van der Waals surface area (Å²) in [6.07, 6.45) is -20.6. The predicted octanol–water partition coefficient (Wildman–Crippen LogP) is -4.52. The van der Waals surface area contributed by atoms with Gasteiger partial charge in [-0.2, -0.15) is 0 Å². The average molecular weight is 900 g/mol. The molecule has 3 aliphatic heterocycles. The molecular weight excluding hydrogens is 834 g/mol. The number of hydrogen-bond donors (Lipinski definition) is 14. The van der Waals surface area contributed by atoms with E-state index in [4.69, 9.17) is 39.7 Å². The molecule has 3 fully saturated rings. The van der Waals surface area contributed by atoms with Gasteiger partial charge in [-0.25, -0.2) is 4.79 Å². The van der Waals surface area contributed by atoms with Crippen LogP contribution < -0.4 is 11.1 Å². The number of ether oxygens (including phenoxy) is 6. The smallest absolute Gasteiger partial charge is 0.364 e. The second-order valence-corrected chi connectivity index (χ2v) is 15.6. The topological polar surface area (TPSA) is 419 Å². The summed E-state index contributed by atoms with van der Waals surface area (Å²) in [6, 6.07) is -2.61. The van der Waals surface area contributed by atoms with E-state index < -0.39 is 155 Å². The van der Waals surface area contributed by atoms with Gasteiger partial charge in [0.1, 0.15) is 67.1 Å². The molecule has 0 saturated carbocycles. The van der Waals surface area contributed by atoms with E-state index in [0.29, 0.717) is 13.0 Å². The highest BCUT2D eigenvalue weighted by Crippen LogP contribution is 2.38. The van der Waals surface area contributed by atoms with Gasteiger partial charge in [-0.15, -0.1) is 6.58 Å². The van der Waals surface area contributed by atoms with Crippen LogP contribution in [-0.4, -0.2) is 216 Å². The van der Waals surface area contributed by atoms with Crippen molar-refractivity contribution in [3.05, 3.63) is 23.1 Å². The maximum atomic E-state index is 12.7. The third-order valence-electron chi connectivity index (χ3n) is 11.0. The summed E-state index contributed by atoms with van der Waals surface area (Å²) in [5.41, 5.74) is 14.2. The molecule has 3 aliphatic rings. The second-order valence-electron chi connectivity index (χ2n) is 15.6. The molecule has 0 aliphatic carbocycles. The Hall–Kier alpha value is -2.73. The molecule has 0 aromatic carbocycles. The first-order chi connectivity index (χ1) is 29.5. The maximum absolute atomic E-state index is 12.7. The van der Waals surface area contributed by atoms with Gasteiger partial charge in [-0.1, -0.05) is 49.7 Å². The SMILES string of the molecule is C=C[C@@H](O)[C@@H](CO[C@@H]1O[C@H](CO)[C@@H](O[C@@H]2O[C@H](CO)[C@H](O)[C@H](O[C@]3(C(=O)O)C[C@H](O)[C@@H](N)[C@H]([C@H](O)[C@H](O)CO)O3)[C@H]2O)[C@H](O)[C@H]1O)NC(=O)CCCCCCCCCCN=[N+]=[N-]. The number of aliphatic hydroxyl groups excluding tert-OH is 11. The fraction of sp³-hybridized carbons (Fsp3) is 0.892. The number of nitrogens with zero attached hydrogens (tertiary/aromatic N) is 3. The van der Waals surface area contributed by atoms with E-state index in [2.05, 4.69) is 21.9 Å². The maximum Gasteiger partial charge on any atom is 0.364 e. The summed E-state index contributed by atoms with van der Waals surface area (Å²) >= 11 is 0. The minimum Gasteiger partial charge on any atom is -0.477 e. The number of unbranched alkanes of at least 4 members (excludes halogenated alkanes) is 7. The average Bonchev–Trinajstić information content (AvgIpc) is 3.25. The lowest BCUT2D eigenvalue weighted by atomic mass is 9.88. The number of amides is 1. The van der Waals surface area contributed by atoms with Gasteiger partial charge in [0.05, 0.1) is 50.7 Å². The van der Waals surface area contributed by atoms with E-state index >= 15 is 0 Å². The van der Waals surface area contributed by atoms with Crippen LogP contribution in [0.3, 0.4) is 0 Å². The monoisotopic (exact) mass is 899 g/mol. The molecule has 62 heavy (non-hydrogen) atoms. The molecule has 15 N–H and O–H groups in total. The molecule has 0 spiro atoms. The Kier molecular flexibility index (Phi) is 22.7. The van der Waals surface area contributed by atoms with Gasteiger partial charge in [0.25, 0.3) is 5.79 Å². The van der Waals surface area contributed by atoms with E-state index in [1.807, 2.05) is 0 Å². The second kappa shape index (κ2) is 26.3. The van der Waals surface area contributed by atoms with Crippen LogP contribution in [0.1, 0.15) is 64.2 Å². The summed E-state index contributed by atoms with van der Waals surface area (Å²) in [5, 5.41) is 132. The van der Waals surface area contributed by atoms with Crippen molar-refractivity contribution in [2.75, 3.05) is 33.0 Å². The molecule has 3 heterocycles. The summed E-state index contributed by atoms with van der Waals surface area (Å²) < 4.78 is 33.6. The lowest BCUT2D eigenvalue weighted by Gasteiger charge is -2.50. The zero-order valence-corrected chi connectivity index (χ0v) is 34.3. The Labute approximate surface area is 357 Å². The van der Waals surface area contributed by atoms with Gasteiger partial charge >= 0.3 is 5.97 Å². The fourth-order valence-corrected chi connectivity index (χ4v) is 7.34. The minimum absolute atomic E-state index is 0.146. The van der Waals surface area contributed by atoms with E-state index in [-0.39, 0.29) is 6.42 Å². The van der Waals surface area contributed by atoms with Crippen LogP contribution in [0, 0.1) is 0 Å². The van der Waals surface area contributed by atoms with E-state index in [0.717, 1.165) is 51.0 Å². The molecule has 25 heteroatoms. The predicted molar refractivity (Wildman–Crippen MR) is 208 cm³/mol. The van der Waals surface area contributed by atoms with Gasteiger partial charge in [0.2, 0.25) is 5.91 Å². The highest BCUT2D eigenvalue weighted by molar-refractivity contribution is 5.76. The first-order valence-corrected chi connectivity index (χ1v) is 20.6. The summed E-state index contributed by atoms with van der Waals surface area (Å²) in [6.45, 7) is 0.622. The minimum atomic E-state index is -3.00. The Morgan fingerprint density at radius 2 is 1.50 bits per heavy atom. The molecule has 3 rings (SSSR count). The third-order valence-corrected chi connectivity index (χ3v) is 11.0. The van der Waals surface area contributed by atoms with E-state index in [9.17, 15) is 70.9 Å². The van der Waals surface area contributed by atoms with Crippen LogP contribution in [-0.2, 0) is 38.0 Å². The van der Waals surface area contributed by atoms with E-state index in [1.54, 1.807) is 0 Å². The number of aliphatic carboxylic acids is 1. The normalized spacial score (nSPS) is 35.8. The first kappa shape index (κ1) is 53.6. The zero-order chi connectivity index (χ0) is 46.1. The highest BCUT2D eigenvalue weighted by atomic mass is 16.8. The first-order valence-electron chi connectivity index (χ1n) is 20.6. The van der Waals surface area contributed by atoms with Crippen molar-refractivity contribution in [1.82, 2.24) is 5.32 Å². The molecule has 1 amide bonds. The fourth-order valence-electron chi connectivity index (χ4n) is 7.34. The molecule has 3 saturated heterocycles. The molecule has 0 radical (unpaired) electrons. The number of carboxylic acid groups (broad SMARTS) is 1. The number of azide groups is 1. The quantitative estimate of drug-likeness (QED) is 0.0121. The van der Waals surface area contributed by atoms with Crippen molar-refractivity contribution in [1.29, 1.82) is 0 Å². The number of rotatable bonds is 27. The Bertz CT molecular complexity index is 1420. The molecule has 0 aromatic heterocycles. The number of carbonyl (C=O) groups excluding carboxylic acids is 1. The van der Waals surface area contributed by atoms with Crippen molar-refractivity contribution in [3.8, 4) is 0 Å². The number of nitrogens with two attached hydrogens (primary N) is 1. The lowest BCUT2D eigenvalue weighted by molar-refractivity contribution is -0.386. The molecule has 358 valence electrons. The van der Waals surface area contributed by atoms with Gasteiger partial charge in [0.15, 0.2) is 12.6 Å². The molecule has 25 nitrogen and oxygen atoms in total. The van der Waals surface area contributed by atoms with Crippen molar-refractivity contribution in [3.63, 3.8) is 0 Å². The molecular formula is C37H65N5O20. The van der Waals surface area contributed by atoms with Crippen molar-refractivity contribution in [2.45, 2.75) is 174 Å². The number of hydrogen-bond acceptors (Lipinski definition) is 21. The van der Waals surface area contributed by atoms with E-state index in [1.165, 1.54) is 0 Å². The number of carboxylic acids is 1. The third kappa shape index (κ3) is 14.4. The Morgan fingerprint density at radius 1 is 0.887 bits per heavy atom. The summed E-state index contributed by atoms with van der Waals surface area (Å²) in [5.74, 6) is -5.35. The van der Waals surface area contributed by atoms with Gasteiger partial charge < -0.3 is 101 Å². The largest absolute Gasteiger partial charge is 0.477 e. The van der Waals surface area contributed by atoms with Crippen molar-refractivity contribution >= 4 is 11.9 Å².